The summed E-state index contributed by atoms with van der Waals surface area (Å²) in [5, 5.41) is 12.2. The third-order valence-electron chi connectivity index (χ3n) is 5.68. The van der Waals surface area contributed by atoms with Gasteiger partial charge >= 0.3 is 0 Å². The molecule has 1 N–H and O–H groups in total. The van der Waals surface area contributed by atoms with E-state index in [0.29, 0.717) is 22.2 Å². The summed E-state index contributed by atoms with van der Waals surface area (Å²) in [6, 6.07) is 26.2. The van der Waals surface area contributed by atoms with Gasteiger partial charge in [0.05, 0.1) is 12.9 Å². The number of aliphatic imine (C=N–C) groups is 1. The normalized spacial score (nSPS) is 22.0. The van der Waals surface area contributed by atoms with Gasteiger partial charge in [0.25, 0.3) is 5.91 Å². The molecule has 30 heavy (non-hydrogen) atoms. The number of benzene rings is 3. The molecule has 0 aromatic heterocycles. The number of nitrogens with zero attached hydrogens (tertiary/aromatic N) is 2. The molecule has 0 aliphatic carbocycles. The van der Waals surface area contributed by atoms with Crippen LogP contribution in [0.15, 0.2) is 89.9 Å². The van der Waals surface area contributed by atoms with Crippen LogP contribution in [0.4, 0.5) is 0 Å². The van der Waals surface area contributed by atoms with Crippen LogP contribution in [0.2, 0.25) is 0 Å². The lowest BCUT2D eigenvalue weighted by molar-refractivity contribution is -0.145. The van der Waals surface area contributed by atoms with E-state index in [1.54, 1.807) is 31.4 Å². The van der Waals surface area contributed by atoms with Gasteiger partial charge in [0.15, 0.2) is 16.4 Å². The molecule has 1 saturated heterocycles. The Balaban J connectivity index is 1.66. The van der Waals surface area contributed by atoms with E-state index in [1.807, 2.05) is 60.7 Å². The van der Waals surface area contributed by atoms with Gasteiger partial charge in [0.1, 0.15) is 5.75 Å². The van der Waals surface area contributed by atoms with E-state index in [0.717, 1.165) is 11.1 Å². The molecular formula is C24H20N2O3S. The first-order valence-corrected chi connectivity index (χ1v) is 10.6. The van der Waals surface area contributed by atoms with Crippen LogP contribution in [0.25, 0.3) is 0 Å². The summed E-state index contributed by atoms with van der Waals surface area (Å²) in [7, 11) is 1.60. The van der Waals surface area contributed by atoms with Crippen molar-refractivity contribution in [2.75, 3.05) is 12.9 Å². The zero-order chi connectivity index (χ0) is 20.8. The number of carbonyl (C=O) groups excluding carboxylic acids is 1. The van der Waals surface area contributed by atoms with Crippen molar-refractivity contribution in [3.8, 4) is 5.75 Å². The first-order valence-electron chi connectivity index (χ1n) is 9.65. The van der Waals surface area contributed by atoms with Crippen LogP contribution < -0.4 is 4.74 Å². The molecule has 1 atom stereocenters. The fraction of sp³-hybridized carbons (Fsp3) is 0.167. The number of ether oxygens (including phenoxy) is 1. The molecule has 1 unspecified atom stereocenters. The van der Waals surface area contributed by atoms with Crippen molar-refractivity contribution in [3.05, 3.63) is 102 Å². The second kappa shape index (κ2) is 7.00. The van der Waals surface area contributed by atoms with E-state index < -0.39 is 11.3 Å². The van der Waals surface area contributed by atoms with E-state index in [4.69, 9.17) is 9.73 Å². The smallest absolute Gasteiger partial charge is 0.268 e. The molecule has 2 aliphatic rings. The number of methoxy groups -OCH3 is 1. The summed E-state index contributed by atoms with van der Waals surface area (Å²) in [4.78, 5) is 20.4. The number of hydrogen-bond donors (Lipinski definition) is 1. The highest BCUT2D eigenvalue weighted by Crippen LogP contribution is 2.50. The maximum absolute atomic E-state index is 14.0. The van der Waals surface area contributed by atoms with Crippen LogP contribution in [0, 0.1) is 0 Å². The highest BCUT2D eigenvalue weighted by Gasteiger charge is 2.60. The summed E-state index contributed by atoms with van der Waals surface area (Å²) < 4.78 is 5.23. The van der Waals surface area contributed by atoms with E-state index in [1.165, 1.54) is 16.7 Å². The number of carbonyl (C=O) groups is 1. The van der Waals surface area contributed by atoms with Gasteiger partial charge in [-0.25, -0.2) is 4.99 Å². The Kier molecular flexibility index (Phi) is 4.41. The lowest BCUT2D eigenvalue weighted by Crippen LogP contribution is -2.51. The summed E-state index contributed by atoms with van der Waals surface area (Å²) in [6.07, 6.45) is 0. The Morgan fingerprint density at radius 3 is 2.00 bits per heavy atom. The van der Waals surface area contributed by atoms with Crippen LogP contribution in [0.3, 0.4) is 0 Å². The number of hydrogen-bond acceptors (Lipinski definition) is 5. The summed E-state index contributed by atoms with van der Waals surface area (Å²) in [6.45, 7) is 0. The van der Waals surface area contributed by atoms with Gasteiger partial charge in [-0.3, -0.25) is 9.69 Å². The van der Waals surface area contributed by atoms with Crippen LogP contribution in [-0.4, -0.2) is 33.9 Å². The number of amidine groups is 1. The van der Waals surface area contributed by atoms with Gasteiger partial charge in [-0.05, 0) is 23.3 Å². The molecule has 0 bridgehead atoms. The van der Waals surface area contributed by atoms with Gasteiger partial charge in [0.2, 0.25) is 0 Å². The molecule has 1 amide bonds. The molecule has 2 heterocycles. The number of thioether (sulfide) groups is 1. The van der Waals surface area contributed by atoms with Crippen molar-refractivity contribution in [2.45, 2.75) is 11.3 Å². The molecule has 6 heteroatoms. The summed E-state index contributed by atoms with van der Waals surface area (Å²) in [5.41, 5.74) is -0.503. The largest absolute Gasteiger partial charge is 0.497 e. The third-order valence-corrected chi connectivity index (χ3v) is 6.75. The second-order valence-corrected chi connectivity index (χ2v) is 8.25. The quantitative estimate of drug-likeness (QED) is 0.704. The molecule has 0 saturated carbocycles. The van der Waals surface area contributed by atoms with Crippen LogP contribution >= 0.6 is 11.8 Å². The Morgan fingerprint density at radius 1 is 0.900 bits per heavy atom. The Morgan fingerprint density at radius 2 is 1.47 bits per heavy atom. The average molecular weight is 417 g/mol. The highest BCUT2D eigenvalue weighted by atomic mass is 32.2. The predicted molar refractivity (Wildman–Crippen MR) is 117 cm³/mol. The molecule has 0 spiro atoms. The minimum absolute atomic E-state index is 0.252. The first kappa shape index (κ1) is 18.9. The van der Waals surface area contributed by atoms with Gasteiger partial charge < -0.3 is 9.84 Å². The monoisotopic (exact) mass is 416 g/mol. The van der Waals surface area contributed by atoms with Crippen molar-refractivity contribution < 1.29 is 14.6 Å². The van der Waals surface area contributed by atoms with Gasteiger partial charge in [-0.1, -0.05) is 84.6 Å². The molecule has 5 nitrogen and oxygen atoms in total. The Bertz CT molecular complexity index is 1080. The van der Waals surface area contributed by atoms with Gasteiger partial charge in [0, 0.05) is 5.56 Å². The Hall–Kier alpha value is -3.09. The number of rotatable bonds is 4. The number of aliphatic hydroxyl groups is 1. The zero-order valence-corrected chi connectivity index (χ0v) is 17.2. The lowest BCUT2D eigenvalue weighted by Gasteiger charge is -2.34. The molecule has 2 aliphatic heterocycles. The maximum Gasteiger partial charge on any atom is 0.268 e. The standard InChI is InChI=1S/C24H20N2O3S/c1-29-20-14-12-17(13-15-20)23(28)16-30-22-25-24(21(27)26(22)23,18-8-4-2-5-9-18)19-10-6-3-7-11-19/h2-15,28H,16H2,1H3. The average Bonchev–Trinajstić information content (AvgIpc) is 3.31. The fourth-order valence-corrected chi connectivity index (χ4v) is 5.31. The number of amides is 1. The Labute approximate surface area is 179 Å². The van der Waals surface area contributed by atoms with Gasteiger partial charge in [-0.15, -0.1) is 0 Å². The molecule has 3 aromatic carbocycles. The van der Waals surface area contributed by atoms with Crippen molar-refractivity contribution in [2.24, 2.45) is 4.99 Å². The third kappa shape index (κ3) is 2.61. The number of fused-ring (bicyclic) bond motifs is 1. The van der Waals surface area contributed by atoms with E-state index >= 15 is 0 Å². The molecule has 0 radical (unpaired) electrons. The molecule has 3 aromatic rings. The minimum Gasteiger partial charge on any atom is -0.497 e. The highest BCUT2D eigenvalue weighted by molar-refractivity contribution is 8.14. The van der Waals surface area contributed by atoms with Crippen LogP contribution in [0.1, 0.15) is 16.7 Å². The molecule has 5 rings (SSSR count). The van der Waals surface area contributed by atoms with Crippen molar-refractivity contribution in [3.63, 3.8) is 0 Å². The first-order chi connectivity index (χ1) is 14.6. The maximum atomic E-state index is 14.0. The van der Waals surface area contributed by atoms with Crippen molar-refractivity contribution >= 4 is 22.8 Å². The minimum atomic E-state index is -1.47. The second-order valence-electron chi connectivity index (χ2n) is 7.31. The van der Waals surface area contributed by atoms with E-state index in [2.05, 4.69) is 0 Å². The van der Waals surface area contributed by atoms with E-state index in [9.17, 15) is 9.90 Å². The molecular weight excluding hydrogens is 396 g/mol. The van der Waals surface area contributed by atoms with Crippen molar-refractivity contribution in [1.29, 1.82) is 0 Å². The zero-order valence-electron chi connectivity index (χ0n) is 16.4. The SMILES string of the molecule is COc1ccc(C2(O)CSC3=NC(c4ccccc4)(c4ccccc4)C(=O)N32)cc1. The van der Waals surface area contributed by atoms with Gasteiger partial charge in [-0.2, -0.15) is 0 Å². The van der Waals surface area contributed by atoms with Crippen molar-refractivity contribution in [1.82, 2.24) is 4.90 Å². The summed E-state index contributed by atoms with van der Waals surface area (Å²) >= 11 is 1.39. The van der Waals surface area contributed by atoms with E-state index in [-0.39, 0.29) is 5.91 Å². The fourth-order valence-electron chi connectivity index (χ4n) is 4.11. The molecule has 150 valence electrons. The van der Waals surface area contributed by atoms with Crippen LogP contribution in [-0.2, 0) is 16.1 Å². The topological polar surface area (TPSA) is 62.1 Å². The summed E-state index contributed by atoms with van der Waals surface area (Å²) in [5.74, 6) is 0.764. The molecule has 1 fully saturated rings. The lowest BCUT2D eigenvalue weighted by atomic mass is 9.82. The predicted octanol–water partition coefficient (Wildman–Crippen LogP) is 3.73. The van der Waals surface area contributed by atoms with Crippen LogP contribution in [0.5, 0.6) is 5.75 Å².